The maximum Gasteiger partial charge on any atom is 0.0601 e. The summed E-state index contributed by atoms with van der Waals surface area (Å²) < 4.78 is 0. The van der Waals surface area contributed by atoms with Crippen LogP contribution < -0.4 is 27.8 Å². The summed E-state index contributed by atoms with van der Waals surface area (Å²) in [6.07, 6.45) is 0. The lowest BCUT2D eigenvalue weighted by molar-refractivity contribution is 0.928. The van der Waals surface area contributed by atoms with Gasteiger partial charge in [-0.15, -0.1) is 0 Å². The van der Waals surface area contributed by atoms with Gasteiger partial charge in [-0.1, -0.05) is 0 Å². The first-order valence-corrected chi connectivity index (χ1v) is 5.97. The summed E-state index contributed by atoms with van der Waals surface area (Å²) in [7, 11) is 1.95. The molecule has 0 spiro atoms. The molecule has 0 fully saturated rings. The highest BCUT2D eigenvalue weighted by atomic mass is 15.1. The Bertz CT molecular complexity index is 594. The van der Waals surface area contributed by atoms with Gasteiger partial charge >= 0.3 is 0 Å². The highest BCUT2D eigenvalue weighted by Crippen LogP contribution is 2.27. The van der Waals surface area contributed by atoms with E-state index in [0.29, 0.717) is 23.6 Å². The summed E-state index contributed by atoms with van der Waals surface area (Å²) in [6, 6.07) is 10.9. The molecule has 0 radical (unpaired) electrons. The molecule has 2 aromatic rings. The first-order chi connectivity index (χ1) is 8.97. The van der Waals surface area contributed by atoms with E-state index in [2.05, 4.69) is 0 Å². The second-order valence-corrected chi connectivity index (χ2v) is 4.63. The van der Waals surface area contributed by atoms with Crippen LogP contribution in [0.25, 0.3) is 0 Å². The summed E-state index contributed by atoms with van der Waals surface area (Å²) in [5, 5.41) is 0. The molecule has 5 heteroatoms. The molecule has 0 aromatic heterocycles. The highest BCUT2D eigenvalue weighted by Gasteiger charge is 2.08. The standard InChI is InChI=1S/C14H19N5/c1-19(14-5-3-11(16)7-13(14)18)8-9-6-10(15)2-4-12(9)17/h2-7H,8,15-18H2,1H3. The summed E-state index contributed by atoms with van der Waals surface area (Å²) in [5.74, 6) is 0. The fraction of sp³-hybridized carbons (Fsp3) is 0.143. The van der Waals surface area contributed by atoms with Crippen LogP contribution in [-0.4, -0.2) is 7.05 Å². The number of benzene rings is 2. The number of nitrogens with zero attached hydrogens (tertiary/aromatic N) is 1. The second kappa shape index (κ2) is 4.97. The normalized spacial score (nSPS) is 10.4. The Labute approximate surface area is 112 Å². The van der Waals surface area contributed by atoms with E-state index < -0.39 is 0 Å². The van der Waals surface area contributed by atoms with Crippen LogP contribution in [-0.2, 0) is 6.54 Å². The summed E-state index contributed by atoms with van der Waals surface area (Å²) in [6.45, 7) is 0.630. The van der Waals surface area contributed by atoms with Gasteiger partial charge in [0.2, 0.25) is 0 Å². The zero-order valence-electron chi connectivity index (χ0n) is 10.9. The number of anilines is 5. The largest absolute Gasteiger partial charge is 0.399 e. The second-order valence-electron chi connectivity index (χ2n) is 4.63. The maximum absolute atomic E-state index is 5.97. The summed E-state index contributed by atoms with van der Waals surface area (Å²) >= 11 is 0. The molecule has 2 rings (SSSR count). The third kappa shape index (κ3) is 2.82. The van der Waals surface area contributed by atoms with Crippen LogP contribution in [0, 0.1) is 0 Å². The molecule has 2 aromatic carbocycles. The Kier molecular flexibility index (Phi) is 3.37. The van der Waals surface area contributed by atoms with Crippen LogP contribution in [0.15, 0.2) is 36.4 Å². The van der Waals surface area contributed by atoms with E-state index >= 15 is 0 Å². The van der Waals surface area contributed by atoms with Gasteiger partial charge in [0.15, 0.2) is 0 Å². The van der Waals surface area contributed by atoms with E-state index in [1.807, 2.05) is 36.2 Å². The van der Waals surface area contributed by atoms with E-state index in [-0.39, 0.29) is 0 Å². The summed E-state index contributed by atoms with van der Waals surface area (Å²) in [4.78, 5) is 2.01. The first-order valence-electron chi connectivity index (χ1n) is 5.97. The minimum atomic E-state index is 0.630. The molecule has 0 saturated carbocycles. The zero-order chi connectivity index (χ0) is 14.0. The molecule has 0 aliphatic rings. The van der Waals surface area contributed by atoms with Gasteiger partial charge < -0.3 is 27.8 Å². The van der Waals surface area contributed by atoms with Gasteiger partial charge in [-0.2, -0.15) is 0 Å². The molecule has 0 amide bonds. The highest BCUT2D eigenvalue weighted by molar-refractivity contribution is 5.72. The average Bonchev–Trinajstić information content (AvgIpc) is 2.33. The van der Waals surface area contributed by atoms with Crippen molar-refractivity contribution in [3.63, 3.8) is 0 Å². The van der Waals surface area contributed by atoms with Gasteiger partial charge in [-0.3, -0.25) is 0 Å². The quantitative estimate of drug-likeness (QED) is 0.625. The number of hydrogen-bond donors (Lipinski definition) is 4. The molecular weight excluding hydrogens is 238 g/mol. The van der Waals surface area contributed by atoms with E-state index in [0.717, 1.165) is 16.9 Å². The molecule has 0 aliphatic carbocycles. The lowest BCUT2D eigenvalue weighted by Gasteiger charge is -2.22. The Balaban J connectivity index is 2.25. The minimum absolute atomic E-state index is 0.630. The molecule has 0 aliphatic heterocycles. The average molecular weight is 257 g/mol. The molecule has 8 N–H and O–H groups in total. The van der Waals surface area contributed by atoms with Gasteiger partial charge in [0.05, 0.1) is 11.4 Å². The van der Waals surface area contributed by atoms with Gasteiger partial charge in [-0.05, 0) is 42.0 Å². The van der Waals surface area contributed by atoms with E-state index in [4.69, 9.17) is 22.9 Å². The minimum Gasteiger partial charge on any atom is -0.399 e. The number of nitrogens with two attached hydrogens (primary N) is 4. The third-order valence-corrected chi connectivity index (χ3v) is 3.04. The van der Waals surface area contributed by atoms with Crippen molar-refractivity contribution >= 4 is 28.4 Å². The smallest absolute Gasteiger partial charge is 0.0601 e. The lowest BCUT2D eigenvalue weighted by Crippen LogP contribution is -2.19. The Morgan fingerprint density at radius 2 is 1.47 bits per heavy atom. The van der Waals surface area contributed by atoms with Crippen LogP contribution >= 0.6 is 0 Å². The molecular formula is C14H19N5. The molecule has 19 heavy (non-hydrogen) atoms. The third-order valence-electron chi connectivity index (χ3n) is 3.04. The Hall–Kier alpha value is -2.56. The van der Waals surface area contributed by atoms with Crippen LogP contribution in [0.1, 0.15) is 5.56 Å². The molecule has 0 heterocycles. The Morgan fingerprint density at radius 1 is 0.842 bits per heavy atom. The monoisotopic (exact) mass is 257 g/mol. The van der Waals surface area contributed by atoms with Crippen LogP contribution in [0.3, 0.4) is 0 Å². The van der Waals surface area contributed by atoms with E-state index in [1.54, 1.807) is 12.1 Å². The van der Waals surface area contributed by atoms with Crippen molar-refractivity contribution < 1.29 is 0 Å². The molecule has 100 valence electrons. The fourth-order valence-corrected chi connectivity index (χ4v) is 2.02. The van der Waals surface area contributed by atoms with Gasteiger partial charge in [0, 0.05) is 30.7 Å². The van der Waals surface area contributed by atoms with Crippen molar-refractivity contribution in [2.45, 2.75) is 6.54 Å². The van der Waals surface area contributed by atoms with Crippen LogP contribution in [0.2, 0.25) is 0 Å². The van der Waals surface area contributed by atoms with Crippen molar-refractivity contribution in [3.8, 4) is 0 Å². The zero-order valence-corrected chi connectivity index (χ0v) is 10.9. The maximum atomic E-state index is 5.97. The molecule has 0 atom stereocenters. The van der Waals surface area contributed by atoms with Crippen molar-refractivity contribution in [2.75, 3.05) is 34.9 Å². The number of nitrogen functional groups attached to an aromatic ring is 4. The van der Waals surface area contributed by atoms with Crippen LogP contribution in [0.5, 0.6) is 0 Å². The van der Waals surface area contributed by atoms with E-state index in [9.17, 15) is 0 Å². The first kappa shape index (κ1) is 12.9. The van der Waals surface area contributed by atoms with Crippen molar-refractivity contribution in [2.24, 2.45) is 0 Å². The van der Waals surface area contributed by atoms with Gasteiger partial charge in [0.25, 0.3) is 0 Å². The Morgan fingerprint density at radius 3 is 2.16 bits per heavy atom. The molecule has 0 saturated heterocycles. The number of hydrogen-bond acceptors (Lipinski definition) is 5. The van der Waals surface area contributed by atoms with Crippen molar-refractivity contribution in [1.29, 1.82) is 0 Å². The van der Waals surface area contributed by atoms with Gasteiger partial charge in [-0.25, -0.2) is 0 Å². The predicted octanol–water partition coefficient (Wildman–Crippen LogP) is 1.65. The van der Waals surface area contributed by atoms with Gasteiger partial charge in [0.1, 0.15) is 0 Å². The topological polar surface area (TPSA) is 107 Å². The van der Waals surface area contributed by atoms with Crippen molar-refractivity contribution in [3.05, 3.63) is 42.0 Å². The molecule has 5 nitrogen and oxygen atoms in total. The summed E-state index contributed by atoms with van der Waals surface area (Å²) in [5.41, 5.74) is 28.0. The van der Waals surface area contributed by atoms with E-state index in [1.165, 1.54) is 0 Å². The lowest BCUT2D eigenvalue weighted by atomic mass is 10.1. The predicted molar refractivity (Wildman–Crippen MR) is 82.6 cm³/mol. The fourth-order valence-electron chi connectivity index (χ4n) is 2.02. The molecule has 0 bridgehead atoms. The molecule has 0 unspecified atom stereocenters. The van der Waals surface area contributed by atoms with Crippen molar-refractivity contribution in [1.82, 2.24) is 0 Å². The SMILES string of the molecule is CN(Cc1cc(N)ccc1N)c1ccc(N)cc1N. The van der Waals surface area contributed by atoms with Crippen LogP contribution in [0.4, 0.5) is 28.4 Å². The number of rotatable bonds is 3.